The van der Waals surface area contributed by atoms with Crippen LogP contribution in [0.1, 0.15) is 107 Å². The van der Waals surface area contributed by atoms with Crippen molar-refractivity contribution in [3.63, 3.8) is 0 Å². The van der Waals surface area contributed by atoms with Gasteiger partial charge in [-0.3, -0.25) is 9.97 Å². The molecule has 282 valence electrons. The highest BCUT2D eigenvalue weighted by atomic mass is 16.5. The number of H-pyrrole nitrogens is 2. The largest absolute Gasteiger partial charge is 0.493 e. The van der Waals surface area contributed by atoms with E-state index in [0.29, 0.717) is 63.0 Å². The third-order valence-corrected chi connectivity index (χ3v) is 9.96. The SMILES string of the molecule is CCOC(=O)c1c(C#Cc2ccccc2)c2cc3nc(c(OC)c4[nH]c(cc5nc(cc1[nH]2)CC5(C)C)c(C#Cc1ccccc1)c4C(=O)OCC)CC3(C)C. The maximum atomic E-state index is 14.0. The van der Waals surface area contributed by atoms with Crippen molar-refractivity contribution >= 4 is 34.0 Å². The van der Waals surface area contributed by atoms with Gasteiger partial charge in [0.25, 0.3) is 0 Å². The molecule has 0 amide bonds. The van der Waals surface area contributed by atoms with Crippen LogP contribution >= 0.6 is 0 Å². The Morgan fingerprint density at radius 3 is 1.75 bits per heavy atom. The Morgan fingerprint density at radius 2 is 1.18 bits per heavy atom. The van der Waals surface area contributed by atoms with E-state index in [1.807, 2.05) is 78.9 Å². The lowest BCUT2D eigenvalue weighted by molar-refractivity contribution is 0.0519. The third kappa shape index (κ3) is 7.41. The maximum absolute atomic E-state index is 14.0. The van der Waals surface area contributed by atoms with E-state index in [0.717, 1.165) is 28.2 Å². The second-order valence-electron chi connectivity index (χ2n) is 15.1. The Labute approximate surface area is 326 Å². The van der Waals surface area contributed by atoms with E-state index in [2.05, 4.69) is 61.3 Å². The molecular weight excluding hydrogens is 701 g/mol. The number of ether oxygens (including phenoxy) is 3. The number of nitrogens with zero attached hydrogens (tertiary/aromatic N) is 2. The first-order valence-electron chi connectivity index (χ1n) is 18.8. The molecule has 8 bridgehead atoms. The molecule has 0 saturated carbocycles. The summed E-state index contributed by atoms with van der Waals surface area (Å²) in [5.74, 6) is 12.5. The van der Waals surface area contributed by atoms with Gasteiger partial charge in [0.05, 0.1) is 59.2 Å². The summed E-state index contributed by atoms with van der Waals surface area (Å²) in [5.41, 5.74) is 7.28. The van der Waals surface area contributed by atoms with Crippen LogP contribution in [-0.4, -0.2) is 52.2 Å². The van der Waals surface area contributed by atoms with Gasteiger partial charge in [-0.1, -0.05) is 87.8 Å². The molecule has 0 spiro atoms. The van der Waals surface area contributed by atoms with E-state index < -0.39 is 22.8 Å². The molecule has 2 aliphatic heterocycles. The van der Waals surface area contributed by atoms with Crippen molar-refractivity contribution in [3.05, 3.63) is 135 Å². The molecule has 2 aromatic carbocycles. The molecule has 0 radical (unpaired) electrons. The van der Waals surface area contributed by atoms with Crippen molar-refractivity contribution in [1.29, 1.82) is 0 Å². The van der Waals surface area contributed by atoms with E-state index in [1.165, 1.54) is 0 Å². The zero-order valence-electron chi connectivity index (χ0n) is 32.8. The normalized spacial score (nSPS) is 13.8. The number of aromatic amines is 2. The minimum atomic E-state index is -0.531. The number of hydrogen-bond acceptors (Lipinski definition) is 7. The van der Waals surface area contributed by atoms with Crippen LogP contribution in [0.25, 0.3) is 22.1 Å². The molecule has 5 heterocycles. The van der Waals surface area contributed by atoms with Gasteiger partial charge in [0.15, 0.2) is 5.75 Å². The molecule has 0 atom stereocenters. The average molecular weight is 745 g/mol. The van der Waals surface area contributed by atoms with Crippen LogP contribution < -0.4 is 4.74 Å². The van der Waals surface area contributed by atoms with Crippen LogP contribution in [0.2, 0.25) is 0 Å². The van der Waals surface area contributed by atoms with Crippen LogP contribution in [0.5, 0.6) is 5.75 Å². The molecule has 0 saturated heterocycles. The number of aromatic nitrogens is 4. The van der Waals surface area contributed by atoms with Gasteiger partial charge >= 0.3 is 11.9 Å². The van der Waals surface area contributed by atoms with E-state index in [1.54, 1.807) is 21.0 Å². The van der Waals surface area contributed by atoms with Gasteiger partial charge < -0.3 is 24.2 Å². The van der Waals surface area contributed by atoms with Crippen LogP contribution in [0.15, 0.2) is 78.9 Å². The fraction of sp³-hybridized carbons (Fsp3) is 0.277. The summed E-state index contributed by atoms with van der Waals surface area (Å²) >= 11 is 0. The predicted octanol–water partition coefficient (Wildman–Crippen LogP) is 8.52. The summed E-state index contributed by atoms with van der Waals surface area (Å²) in [7, 11) is 1.57. The van der Waals surface area contributed by atoms with Crippen molar-refractivity contribution in [1.82, 2.24) is 19.9 Å². The smallest absolute Gasteiger partial charge is 0.341 e. The number of esters is 2. The Kier molecular flexibility index (Phi) is 10.3. The molecule has 0 aliphatic carbocycles. The molecule has 9 heteroatoms. The number of nitrogens with one attached hydrogen (secondary N) is 2. The topological polar surface area (TPSA) is 119 Å². The molecule has 2 aliphatic rings. The predicted molar refractivity (Wildman–Crippen MR) is 218 cm³/mol. The monoisotopic (exact) mass is 744 g/mol. The van der Waals surface area contributed by atoms with Crippen molar-refractivity contribution in [2.24, 2.45) is 0 Å². The van der Waals surface area contributed by atoms with E-state index >= 15 is 0 Å². The number of benzene rings is 2. The second kappa shape index (κ2) is 15.3. The number of carbonyl (C=O) groups excluding carboxylic acids is 2. The Hall–Kier alpha value is -6.58. The summed E-state index contributed by atoms with van der Waals surface area (Å²) in [6, 6.07) is 25.0. The van der Waals surface area contributed by atoms with Crippen LogP contribution in [-0.2, 0) is 33.1 Å². The number of fused-ring (bicyclic) bond motifs is 8. The van der Waals surface area contributed by atoms with Gasteiger partial charge in [-0.25, -0.2) is 9.59 Å². The first kappa shape index (κ1) is 37.7. The molecule has 0 unspecified atom stereocenters. The van der Waals surface area contributed by atoms with Gasteiger partial charge in [-0.2, -0.15) is 0 Å². The standard InChI is InChI=1S/C47H44N4O5/c1-8-55-44(52)40-32(22-20-29-16-12-10-13-17-29)34-25-39-47(5,6)28-37(50-39)43(54-7)42-41(45(53)56-9-2)33(23-21-30-18-14-11-15-19-30)35(51-42)26-38-46(3,4)27-31(48-38)24-36(40)49-34/h10-19,24-26,49,51H,8-9,27-28H2,1-7H3. The molecule has 2 N–H and O–H groups in total. The minimum Gasteiger partial charge on any atom is -0.493 e. The molecule has 3 aromatic heterocycles. The summed E-state index contributed by atoms with van der Waals surface area (Å²) in [6.45, 7) is 12.3. The number of carbonyl (C=O) groups is 2. The summed E-state index contributed by atoms with van der Waals surface area (Å²) in [5, 5.41) is 0. The van der Waals surface area contributed by atoms with E-state index in [-0.39, 0.29) is 18.8 Å². The van der Waals surface area contributed by atoms with Gasteiger partial charge in [0.2, 0.25) is 0 Å². The molecule has 0 fully saturated rings. The van der Waals surface area contributed by atoms with Crippen molar-refractivity contribution < 1.29 is 23.8 Å². The molecule has 56 heavy (non-hydrogen) atoms. The Balaban J connectivity index is 1.66. The van der Waals surface area contributed by atoms with Gasteiger partial charge in [0.1, 0.15) is 11.1 Å². The van der Waals surface area contributed by atoms with Crippen molar-refractivity contribution in [2.45, 2.75) is 65.2 Å². The lowest BCUT2D eigenvalue weighted by Crippen LogP contribution is -2.15. The average Bonchev–Trinajstić information content (AvgIpc) is 3.87. The molecule has 5 aromatic rings. The van der Waals surface area contributed by atoms with E-state index in [9.17, 15) is 9.59 Å². The first-order valence-corrected chi connectivity index (χ1v) is 18.8. The fourth-order valence-corrected chi connectivity index (χ4v) is 7.16. The summed E-state index contributed by atoms with van der Waals surface area (Å²) < 4.78 is 17.4. The Bertz CT molecular complexity index is 2650. The quantitative estimate of drug-likeness (QED) is 0.137. The zero-order valence-corrected chi connectivity index (χ0v) is 32.8. The second-order valence-corrected chi connectivity index (χ2v) is 15.1. The van der Waals surface area contributed by atoms with Crippen molar-refractivity contribution in [3.8, 4) is 29.4 Å². The zero-order chi connectivity index (χ0) is 39.6. The Morgan fingerprint density at radius 1 is 0.661 bits per heavy atom. The van der Waals surface area contributed by atoms with E-state index in [4.69, 9.17) is 24.2 Å². The number of hydrogen-bond donors (Lipinski definition) is 2. The number of rotatable bonds is 5. The molecular formula is C47H44N4O5. The molecule has 9 nitrogen and oxygen atoms in total. The van der Waals surface area contributed by atoms with Crippen LogP contribution in [0.3, 0.4) is 0 Å². The maximum Gasteiger partial charge on any atom is 0.341 e. The minimum absolute atomic E-state index is 0.173. The summed E-state index contributed by atoms with van der Waals surface area (Å²) in [4.78, 5) is 45.1. The highest BCUT2D eigenvalue weighted by Crippen LogP contribution is 2.39. The summed E-state index contributed by atoms with van der Waals surface area (Å²) in [6.07, 6.45) is 1.06. The third-order valence-electron chi connectivity index (χ3n) is 9.96. The highest BCUT2D eigenvalue weighted by molar-refractivity contribution is 6.05. The molecule has 7 rings (SSSR count). The van der Waals surface area contributed by atoms with Gasteiger partial charge in [-0.15, -0.1) is 0 Å². The lowest BCUT2D eigenvalue weighted by Gasteiger charge is -2.16. The fourth-order valence-electron chi connectivity index (χ4n) is 7.16. The van der Waals surface area contributed by atoms with Crippen LogP contribution in [0.4, 0.5) is 0 Å². The van der Waals surface area contributed by atoms with Crippen molar-refractivity contribution in [2.75, 3.05) is 20.3 Å². The first-order chi connectivity index (χ1) is 26.9. The lowest BCUT2D eigenvalue weighted by atomic mass is 9.86. The van der Waals surface area contributed by atoms with Crippen LogP contribution in [0, 0.1) is 23.7 Å². The van der Waals surface area contributed by atoms with Gasteiger partial charge in [-0.05, 0) is 56.3 Å². The van der Waals surface area contributed by atoms with Gasteiger partial charge in [0, 0.05) is 51.9 Å². The number of methoxy groups -OCH3 is 1. The highest BCUT2D eigenvalue weighted by Gasteiger charge is 2.34.